The van der Waals surface area contributed by atoms with Gasteiger partial charge in [-0.05, 0) is 44.0 Å². The number of likely N-dealkylation sites (tertiary alicyclic amines) is 1. The van der Waals surface area contributed by atoms with Crippen molar-refractivity contribution in [2.45, 2.75) is 32.2 Å². The Labute approximate surface area is 192 Å². The lowest BCUT2D eigenvalue weighted by Crippen LogP contribution is -2.39. The maximum atomic E-state index is 13.3. The lowest BCUT2D eigenvalue weighted by Gasteiger charge is -2.23. The summed E-state index contributed by atoms with van der Waals surface area (Å²) >= 11 is 0. The first-order chi connectivity index (χ1) is 16.1. The van der Waals surface area contributed by atoms with Gasteiger partial charge in [0.15, 0.2) is 0 Å². The van der Waals surface area contributed by atoms with E-state index in [9.17, 15) is 14.4 Å². The van der Waals surface area contributed by atoms with Crippen LogP contribution in [0.25, 0.3) is 0 Å². The fourth-order valence-corrected chi connectivity index (χ4v) is 3.90. The first-order valence-corrected chi connectivity index (χ1v) is 11.1. The van der Waals surface area contributed by atoms with Crippen LogP contribution in [0.4, 0.5) is 21.9 Å². The number of hydrazone groups is 1. The molecule has 4 rings (SSSR count). The number of esters is 1. The van der Waals surface area contributed by atoms with Crippen molar-refractivity contribution in [1.29, 1.82) is 0 Å². The van der Waals surface area contributed by atoms with Crippen molar-refractivity contribution in [1.82, 2.24) is 4.90 Å². The Bertz CT molecular complexity index is 1050. The zero-order chi connectivity index (χ0) is 23.2. The minimum Gasteiger partial charge on any atom is -0.461 e. The average Bonchev–Trinajstić information content (AvgIpc) is 3.52. The molecule has 1 saturated heterocycles. The van der Waals surface area contributed by atoms with Crippen LogP contribution in [0, 0.1) is 0 Å². The topological polar surface area (TPSA) is 103 Å². The molecular formula is C24H27N5O4. The van der Waals surface area contributed by atoms with E-state index in [4.69, 9.17) is 4.74 Å². The van der Waals surface area contributed by atoms with Gasteiger partial charge in [-0.15, -0.1) is 0 Å². The molecule has 9 nitrogen and oxygen atoms in total. The van der Waals surface area contributed by atoms with Crippen LogP contribution in [0.15, 0.2) is 59.7 Å². The van der Waals surface area contributed by atoms with Crippen molar-refractivity contribution in [2.75, 3.05) is 35.3 Å². The van der Waals surface area contributed by atoms with E-state index in [-0.39, 0.29) is 30.7 Å². The Morgan fingerprint density at radius 2 is 1.61 bits per heavy atom. The van der Waals surface area contributed by atoms with Gasteiger partial charge in [-0.25, -0.2) is 9.59 Å². The summed E-state index contributed by atoms with van der Waals surface area (Å²) in [5.41, 5.74) is 1.87. The summed E-state index contributed by atoms with van der Waals surface area (Å²) in [7, 11) is 0. The molecule has 3 amide bonds. The number of nitrogens with zero attached hydrogens (tertiary/aromatic N) is 3. The predicted molar refractivity (Wildman–Crippen MR) is 126 cm³/mol. The van der Waals surface area contributed by atoms with Crippen LogP contribution < -0.4 is 15.6 Å². The molecule has 2 N–H and O–H groups in total. The van der Waals surface area contributed by atoms with Crippen molar-refractivity contribution in [3.63, 3.8) is 0 Å². The molecule has 0 bridgehead atoms. The lowest BCUT2D eigenvalue weighted by atomic mass is 10.1. The highest BCUT2D eigenvalue weighted by Gasteiger charge is 2.37. The highest BCUT2D eigenvalue weighted by atomic mass is 16.5. The van der Waals surface area contributed by atoms with Crippen molar-refractivity contribution in [3.05, 3.63) is 54.6 Å². The first kappa shape index (κ1) is 22.3. The van der Waals surface area contributed by atoms with Gasteiger partial charge < -0.3 is 20.3 Å². The lowest BCUT2D eigenvalue weighted by molar-refractivity contribution is -0.135. The minimum atomic E-state index is -0.742. The molecule has 0 radical (unpaired) electrons. The molecule has 2 aromatic rings. The maximum Gasteiger partial charge on any atom is 0.354 e. The van der Waals surface area contributed by atoms with Crippen LogP contribution in [-0.4, -0.2) is 54.3 Å². The van der Waals surface area contributed by atoms with Crippen LogP contribution >= 0.6 is 0 Å². The summed E-state index contributed by atoms with van der Waals surface area (Å²) in [5, 5.41) is 11.7. The number of urea groups is 1. The monoisotopic (exact) mass is 449 g/mol. The summed E-state index contributed by atoms with van der Waals surface area (Å²) in [6, 6.07) is 15.3. The van der Waals surface area contributed by atoms with E-state index < -0.39 is 12.0 Å². The molecule has 0 saturated carbocycles. The second-order valence-electron chi connectivity index (χ2n) is 7.83. The van der Waals surface area contributed by atoms with Crippen LogP contribution in [0.1, 0.15) is 26.2 Å². The second-order valence-corrected chi connectivity index (χ2v) is 7.83. The van der Waals surface area contributed by atoms with Crippen LogP contribution in [0.2, 0.25) is 0 Å². The standard InChI is InChI=1S/C24H27N5O4/c1-2-33-23(31)20-16-21(29(27-20)17-10-4-3-5-11-17)22(30)25-18-12-6-7-13-19(18)26-24(32)28-14-8-9-15-28/h3-7,10-13,21H,2,8-9,14-16H2,1H3,(H,25,30)(H,26,32). The SMILES string of the molecule is CCOC(=O)C1=NN(c2ccccc2)C(C(=O)Nc2ccccc2NC(=O)N2CCCC2)C1. The second kappa shape index (κ2) is 10.2. The van der Waals surface area contributed by atoms with E-state index in [1.54, 1.807) is 36.1 Å². The minimum absolute atomic E-state index is 0.113. The zero-order valence-corrected chi connectivity index (χ0v) is 18.5. The highest BCUT2D eigenvalue weighted by molar-refractivity contribution is 6.38. The van der Waals surface area contributed by atoms with Crippen LogP contribution in [0.3, 0.4) is 0 Å². The fraction of sp³-hybridized carbons (Fsp3) is 0.333. The molecule has 33 heavy (non-hydrogen) atoms. The summed E-state index contributed by atoms with van der Waals surface area (Å²) in [6.07, 6.45) is 2.10. The van der Waals surface area contributed by atoms with Gasteiger partial charge in [-0.3, -0.25) is 9.80 Å². The molecule has 2 heterocycles. The van der Waals surface area contributed by atoms with Gasteiger partial charge in [0.2, 0.25) is 5.91 Å². The van der Waals surface area contributed by atoms with E-state index in [1.807, 2.05) is 30.3 Å². The van der Waals surface area contributed by atoms with Crippen molar-refractivity contribution >= 4 is 40.7 Å². The number of rotatable bonds is 6. The Kier molecular flexibility index (Phi) is 6.87. The quantitative estimate of drug-likeness (QED) is 0.658. The van der Waals surface area contributed by atoms with Crippen molar-refractivity contribution in [3.8, 4) is 0 Å². The van der Waals surface area contributed by atoms with Gasteiger partial charge in [-0.2, -0.15) is 5.10 Å². The van der Waals surface area contributed by atoms with Crippen LogP contribution in [0.5, 0.6) is 0 Å². The number of carbonyl (C=O) groups is 3. The number of carbonyl (C=O) groups excluding carboxylic acids is 3. The Morgan fingerprint density at radius 1 is 0.970 bits per heavy atom. The number of para-hydroxylation sites is 3. The first-order valence-electron chi connectivity index (χ1n) is 11.1. The number of anilines is 3. The van der Waals surface area contributed by atoms with Crippen molar-refractivity contribution in [2.24, 2.45) is 5.10 Å². The van der Waals surface area contributed by atoms with Gasteiger partial charge in [0.05, 0.1) is 23.7 Å². The molecule has 1 unspecified atom stereocenters. The fourth-order valence-electron chi connectivity index (χ4n) is 3.90. The number of ether oxygens (including phenoxy) is 1. The summed E-state index contributed by atoms with van der Waals surface area (Å²) in [4.78, 5) is 39.9. The number of nitrogens with one attached hydrogen (secondary N) is 2. The van der Waals surface area contributed by atoms with E-state index in [1.165, 1.54) is 5.01 Å². The maximum absolute atomic E-state index is 13.3. The van der Waals surface area contributed by atoms with Gasteiger partial charge in [-0.1, -0.05) is 30.3 Å². The van der Waals surface area contributed by atoms with Gasteiger partial charge in [0.1, 0.15) is 11.8 Å². The molecular weight excluding hydrogens is 422 g/mol. The molecule has 2 aliphatic heterocycles. The molecule has 0 aromatic heterocycles. The molecule has 2 aliphatic rings. The number of hydrogen-bond acceptors (Lipinski definition) is 6. The largest absolute Gasteiger partial charge is 0.461 e. The third-order valence-corrected chi connectivity index (χ3v) is 5.56. The molecule has 2 aromatic carbocycles. The molecule has 1 fully saturated rings. The van der Waals surface area contributed by atoms with Crippen LogP contribution in [-0.2, 0) is 14.3 Å². The molecule has 1 atom stereocenters. The normalized spacial score (nSPS) is 17.5. The third kappa shape index (κ3) is 5.14. The van der Waals surface area contributed by atoms with Gasteiger partial charge in [0.25, 0.3) is 0 Å². The Morgan fingerprint density at radius 3 is 2.27 bits per heavy atom. The molecule has 0 spiro atoms. The average molecular weight is 450 g/mol. The predicted octanol–water partition coefficient (Wildman–Crippen LogP) is 3.45. The number of hydrogen-bond donors (Lipinski definition) is 2. The van der Waals surface area contributed by atoms with E-state index >= 15 is 0 Å². The van der Waals surface area contributed by atoms with E-state index in [0.29, 0.717) is 17.1 Å². The summed E-state index contributed by atoms with van der Waals surface area (Å²) in [5.74, 6) is -0.878. The molecule has 172 valence electrons. The molecule has 9 heteroatoms. The highest BCUT2D eigenvalue weighted by Crippen LogP contribution is 2.28. The zero-order valence-electron chi connectivity index (χ0n) is 18.5. The number of amides is 3. The Hall–Kier alpha value is -3.88. The summed E-state index contributed by atoms with van der Waals surface area (Å²) < 4.78 is 5.09. The summed E-state index contributed by atoms with van der Waals surface area (Å²) in [6.45, 7) is 3.40. The van der Waals surface area contributed by atoms with E-state index in [0.717, 1.165) is 25.9 Å². The van der Waals surface area contributed by atoms with Gasteiger partial charge in [0, 0.05) is 19.5 Å². The third-order valence-electron chi connectivity index (χ3n) is 5.56. The Balaban J connectivity index is 1.52. The van der Waals surface area contributed by atoms with E-state index in [2.05, 4.69) is 15.7 Å². The number of benzene rings is 2. The smallest absolute Gasteiger partial charge is 0.354 e. The molecule has 0 aliphatic carbocycles. The van der Waals surface area contributed by atoms with Gasteiger partial charge >= 0.3 is 12.0 Å². The van der Waals surface area contributed by atoms with Crippen molar-refractivity contribution < 1.29 is 19.1 Å².